The lowest BCUT2D eigenvalue weighted by Gasteiger charge is -2.22. The summed E-state index contributed by atoms with van der Waals surface area (Å²) in [7, 11) is 0. The van der Waals surface area contributed by atoms with Crippen LogP contribution in [-0.2, 0) is 6.18 Å². The molecule has 0 bridgehead atoms. The summed E-state index contributed by atoms with van der Waals surface area (Å²) in [6.45, 7) is 5.77. The average molecular weight is 620 g/mol. The summed E-state index contributed by atoms with van der Waals surface area (Å²) in [4.78, 5) is 0. The number of hydrogen-bond donors (Lipinski definition) is 0. The number of alkyl halides is 3. The normalized spacial score (nSPS) is 12.0. The third kappa shape index (κ3) is 4.50. The maximum Gasteiger partial charge on any atom is 0.416 e. The molecule has 2 heterocycles. The van der Waals surface area contributed by atoms with Gasteiger partial charge >= 0.3 is 6.18 Å². The summed E-state index contributed by atoms with van der Waals surface area (Å²) in [6.07, 6.45) is -4.54. The van der Waals surface area contributed by atoms with Crippen molar-refractivity contribution in [1.82, 2.24) is 9.13 Å². The number of halogens is 3. The predicted octanol–water partition coefficient (Wildman–Crippen LogP) is 11.4. The monoisotopic (exact) mass is 619 g/mol. The van der Waals surface area contributed by atoms with Gasteiger partial charge in [0, 0.05) is 27.1 Å². The summed E-state index contributed by atoms with van der Waals surface area (Å²) in [5, 5.41) is 14.6. The Bertz CT molecular complexity index is 2470. The van der Waals surface area contributed by atoms with Crippen molar-refractivity contribution in [1.29, 1.82) is 5.26 Å². The van der Waals surface area contributed by atoms with Gasteiger partial charge in [-0.2, -0.15) is 18.4 Å². The van der Waals surface area contributed by atoms with Crippen molar-refractivity contribution in [2.45, 2.75) is 26.9 Å². The van der Waals surface area contributed by atoms with Gasteiger partial charge in [0.1, 0.15) is 0 Å². The molecule has 0 unspecified atom stereocenters. The molecule has 6 heteroatoms. The Kier molecular flexibility index (Phi) is 6.32. The molecule has 47 heavy (non-hydrogen) atoms. The number of benzene rings is 6. The molecular formula is C41H28F3N3. The standard InChI is InChI=1S/C41H28F3N3/c1-24-12-14-36-32(18-24)30-8-4-6-10-34(30)46(36)38-20-27(23-45)21-39(40(38)28-16-26(3)17-29(22-28)41(42,43)44)47-35-11-7-5-9-31(35)33-19-25(2)13-15-37(33)47/h4-22H,1-3H3. The van der Waals surface area contributed by atoms with Crippen molar-refractivity contribution in [3.05, 3.63) is 143 Å². The fourth-order valence-electron chi connectivity index (χ4n) is 7.11. The molecule has 0 aliphatic heterocycles. The van der Waals surface area contributed by atoms with Crippen LogP contribution in [-0.4, -0.2) is 9.13 Å². The second-order valence-electron chi connectivity index (χ2n) is 12.3. The molecule has 0 amide bonds. The van der Waals surface area contributed by atoms with E-state index in [1.165, 1.54) is 12.1 Å². The minimum atomic E-state index is -4.54. The van der Waals surface area contributed by atoms with Gasteiger partial charge in [-0.25, -0.2) is 0 Å². The average Bonchev–Trinajstić information content (AvgIpc) is 3.55. The molecule has 0 aliphatic rings. The highest BCUT2D eigenvalue weighted by molar-refractivity contribution is 6.12. The van der Waals surface area contributed by atoms with E-state index in [0.717, 1.165) is 54.7 Å². The smallest absolute Gasteiger partial charge is 0.308 e. The van der Waals surface area contributed by atoms with Gasteiger partial charge in [0.2, 0.25) is 0 Å². The highest BCUT2D eigenvalue weighted by Gasteiger charge is 2.32. The lowest BCUT2D eigenvalue weighted by Crippen LogP contribution is -2.08. The lowest BCUT2D eigenvalue weighted by atomic mass is 9.95. The van der Waals surface area contributed by atoms with Crippen molar-refractivity contribution in [3.8, 4) is 28.6 Å². The minimum absolute atomic E-state index is 0.401. The van der Waals surface area contributed by atoms with E-state index in [9.17, 15) is 18.4 Å². The van der Waals surface area contributed by atoms with Crippen molar-refractivity contribution in [2.75, 3.05) is 0 Å². The number of aromatic nitrogens is 2. The van der Waals surface area contributed by atoms with Crippen LogP contribution in [0.1, 0.15) is 27.8 Å². The first-order valence-electron chi connectivity index (χ1n) is 15.4. The molecule has 2 aromatic heterocycles. The second kappa shape index (κ2) is 10.4. The quantitative estimate of drug-likeness (QED) is 0.194. The van der Waals surface area contributed by atoms with Gasteiger partial charge in [-0.1, -0.05) is 65.7 Å². The third-order valence-electron chi connectivity index (χ3n) is 9.06. The molecule has 228 valence electrons. The van der Waals surface area contributed by atoms with Crippen LogP contribution in [0.2, 0.25) is 0 Å². The number of aryl methyl sites for hydroxylation is 3. The van der Waals surface area contributed by atoms with Crippen LogP contribution in [0.4, 0.5) is 13.2 Å². The molecule has 8 rings (SSSR count). The van der Waals surface area contributed by atoms with E-state index in [4.69, 9.17) is 0 Å². The molecule has 6 aromatic carbocycles. The van der Waals surface area contributed by atoms with E-state index < -0.39 is 11.7 Å². The van der Waals surface area contributed by atoms with E-state index in [2.05, 4.69) is 39.5 Å². The zero-order valence-corrected chi connectivity index (χ0v) is 25.9. The molecule has 0 saturated carbocycles. The molecule has 0 saturated heterocycles. The Morgan fingerprint density at radius 1 is 0.532 bits per heavy atom. The number of nitriles is 1. The highest BCUT2D eigenvalue weighted by Crippen LogP contribution is 2.44. The van der Waals surface area contributed by atoms with E-state index in [1.807, 2.05) is 74.5 Å². The summed E-state index contributed by atoms with van der Waals surface area (Å²) in [5.41, 5.74) is 8.26. The molecule has 3 nitrogen and oxygen atoms in total. The number of hydrogen-bond acceptors (Lipinski definition) is 1. The van der Waals surface area contributed by atoms with Crippen LogP contribution in [0.15, 0.2) is 115 Å². The Labute approximate surface area is 269 Å². The molecule has 0 N–H and O–H groups in total. The van der Waals surface area contributed by atoms with Gasteiger partial charge in [0.05, 0.1) is 50.6 Å². The molecule has 0 fully saturated rings. The Morgan fingerprint density at radius 2 is 1.02 bits per heavy atom. The summed E-state index contributed by atoms with van der Waals surface area (Å²) in [5.74, 6) is 0. The second-order valence-corrected chi connectivity index (χ2v) is 12.3. The SMILES string of the molecule is Cc1cc(-c2c(-n3c4ccccc4c4cc(C)ccc43)cc(C#N)cc2-n2c3ccccc3c3cc(C)ccc32)cc(C(F)(F)F)c1. The van der Waals surface area contributed by atoms with Crippen LogP contribution in [0, 0.1) is 32.1 Å². The predicted molar refractivity (Wildman–Crippen MR) is 184 cm³/mol. The van der Waals surface area contributed by atoms with Crippen molar-refractivity contribution in [3.63, 3.8) is 0 Å². The Hall–Kier alpha value is -5.80. The Balaban J connectivity index is 1.62. The minimum Gasteiger partial charge on any atom is -0.308 e. The van der Waals surface area contributed by atoms with Gasteiger partial charge < -0.3 is 9.13 Å². The lowest BCUT2D eigenvalue weighted by molar-refractivity contribution is -0.137. The van der Waals surface area contributed by atoms with Crippen LogP contribution in [0.5, 0.6) is 0 Å². The first-order chi connectivity index (χ1) is 22.6. The molecule has 0 atom stereocenters. The summed E-state index contributed by atoms with van der Waals surface area (Å²) < 4.78 is 47.3. The van der Waals surface area contributed by atoms with E-state index in [-0.39, 0.29) is 0 Å². The van der Waals surface area contributed by atoms with Crippen LogP contribution < -0.4 is 0 Å². The first kappa shape index (κ1) is 28.7. The molecule has 0 radical (unpaired) electrons. The van der Waals surface area contributed by atoms with E-state index in [1.54, 1.807) is 25.1 Å². The largest absolute Gasteiger partial charge is 0.416 e. The first-order valence-corrected chi connectivity index (χ1v) is 15.4. The fraction of sp³-hybridized carbons (Fsp3) is 0.0976. The highest BCUT2D eigenvalue weighted by atomic mass is 19.4. The van der Waals surface area contributed by atoms with Crippen LogP contribution >= 0.6 is 0 Å². The maximum atomic E-state index is 14.4. The molecule has 0 aliphatic carbocycles. The summed E-state index contributed by atoms with van der Waals surface area (Å²) in [6, 6.07) is 38.7. The van der Waals surface area contributed by atoms with Gasteiger partial charge in [-0.15, -0.1) is 0 Å². The topological polar surface area (TPSA) is 33.6 Å². The number of fused-ring (bicyclic) bond motifs is 6. The number of para-hydroxylation sites is 2. The molecule has 0 spiro atoms. The zero-order chi connectivity index (χ0) is 32.6. The van der Waals surface area contributed by atoms with Gasteiger partial charge in [-0.05, 0) is 92.6 Å². The third-order valence-corrected chi connectivity index (χ3v) is 9.06. The maximum absolute atomic E-state index is 14.4. The van der Waals surface area contributed by atoms with Crippen molar-refractivity contribution < 1.29 is 13.2 Å². The molecule has 8 aromatic rings. The van der Waals surface area contributed by atoms with Gasteiger partial charge in [-0.3, -0.25) is 0 Å². The Morgan fingerprint density at radius 3 is 1.51 bits per heavy atom. The zero-order valence-electron chi connectivity index (χ0n) is 25.9. The van der Waals surface area contributed by atoms with E-state index in [0.29, 0.717) is 33.6 Å². The van der Waals surface area contributed by atoms with Crippen molar-refractivity contribution in [2.24, 2.45) is 0 Å². The van der Waals surface area contributed by atoms with Crippen LogP contribution in [0.25, 0.3) is 66.1 Å². The van der Waals surface area contributed by atoms with Crippen molar-refractivity contribution >= 4 is 43.6 Å². The van der Waals surface area contributed by atoms with Gasteiger partial charge in [0.15, 0.2) is 0 Å². The molecular weight excluding hydrogens is 591 g/mol. The summed E-state index contributed by atoms with van der Waals surface area (Å²) >= 11 is 0. The van der Waals surface area contributed by atoms with Gasteiger partial charge in [0.25, 0.3) is 0 Å². The number of nitrogens with zero attached hydrogens (tertiary/aromatic N) is 3. The van der Waals surface area contributed by atoms with Crippen LogP contribution in [0.3, 0.4) is 0 Å². The van der Waals surface area contributed by atoms with E-state index >= 15 is 0 Å². The number of rotatable bonds is 3. The fourth-order valence-corrected chi connectivity index (χ4v) is 7.11.